The molecule has 1 aliphatic heterocycles. The molecule has 0 aliphatic carbocycles. The average molecular weight is 218 g/mol. The Morgan fingerprint density at radius 1 is 1.47 bits per heavy atom. The first kappa shape index (κ1) is 12.4. The van der Waals surface area contributed by atoms with E-state index in [0.29, 0.717) is 12.8 Å². The van der Waals surface area contributed by atoms with Crippen LogP contribution in [0.1, 0.15) is 25.7 Å². The lowest BCUT2D eigenvalue weighted by atomic mass is 10.1. The van der Waals surface area contributed by atoms with Gasteiger partial charge >= 0.3 is 5.97 Å². The van der Waals surface area contributed by atoms with Crippen LogP contribution in [0.5, 0.6) is 0 Å². The van der Waals surface area contributed by atoms with Crippen LogP contribution >= 0.6 is 0 Å². The predicted octanol–water partition coefficient (Wildman–Crippen LogP) is 1.07. The van der Waals surface area contributed by atoms with E-state index in [4.69, 9.17) is 14.2 Å². The summed E-state index contributed by atoms with van der Waals surface area (Å²) in [5.74, 6) is -0.939. The van der Waals surface area contributed by atoms with Gasteiger partial charge in [-0.2, -0.15) is 0 Å². The molecule has 1 rings (SSSR count). The molecule has 0 N–H and O–H groups in total. The van der Waals surface area contributed by atoms with E-state index in [1.54, 1.807) is 14.2 Å². The summed E-state index contributed by atoms with van der Waals surface area (Å²) in [6, 6.07) is 0. The van der Waals surface area contributed by atoms with E-state index in [9.17, 15) is 4.79 Å². The zero-order valence-corrected chi connectivity index (χ0v) is 9.45. The number of hydrogen-bond acceptors (Lipinski definition) is 5. The Labute approximate surface area is 89.6 Å². The SMILES string of the molecule is COC(=O)CC[C@@]1(OC)CC[C@H](OC)O1. The molecule has 0 saturated carbocycles. The topological polar surface area (TPSA) is 54.0 Å². The van der Waals surface area contributed by atoms with Crippen molar-refractivity contribution in [2.45, 2.75) is 37.8 Å². The van der Waals surface area contributed by atoms with Crippen molar-refractivity contribution in [3.63, 3.8) is 0 Å². The van der Waals surface area contributed by atoms with Crippen molar-refractivity contribution in [1.29, 1.82) is 0 Å². The van der Waals surface area contributed by atoms with E-state index in [0.717, 1.165) is 12.8 Å². The molecule has 2 atom stereocenters. The zero-order valence-electron chi connectivity index (χ0n) is 9.45. The van der Waals surface area contributed by atoms with Gasteiger partial charge in [0.2, 0.25) is 0 Å². The molecule has 1 aliphatic rings. The number of esters is 1. The Balaban J connectivity index is 2.44. The van der Waals surface area contributed by atoms with Gasteiger partial charge in [-0.15, -0.1) is 0 Å². The van der Waals surface area contributed by atoms with E-state index in [-0.39, 0.29) is 12.3 Å². The lowest BCUT2D eigenvalue weighted by molar-refractivity contribution is -0.259. The third-order valence-electron chi connectivity index (χ3n) is 2.68. The second kappa shape index (κ2) is 5.44. The predicted molar refractivity (Wildman–Crippen MR) is 52.1 cm³/mol. The Morgan fingerprint density at radius 3 is 2.67 bits per heavy atom. The highest BCUT2D eigenvalue weighted by atomic mass is 16.8. The molecule has 0 radical (unpaired) electrons. The molecule has 0 aromatic rings. The first-order valence-electron chi connectivity index (χ1n) is 4.98. The summed E-state index contributed by atoms with van der Waals surface area (Å²) < 4.78 is 20.6. The quantitative estimate of drug-likeness (QED) is 0.646. The van der Waals surface area contributed by atoms with Crippen LogP contribution in [0.25, 0.3) is 0 Å². The van der Waals surface area contributed by atoms with Crippen molar-refractivity contribution >= 4 is 5.97 Å². The van der Waals surface area contributed by atoms with Gasteiger partial charge in [0.05, 0.1) is 13.5 Å². The maximum atomic E-state index is 11.0. The van der Waals surface area contributed by atoms with Crippen LogP contribution in [0.4, 0.5) is 0 Å². The Hall–Kier alpha value is -0.650. The minimum atomic E-state index is -0.686. The smallest absolute Gasteiger partial charge is 0.305 e. The number of rotatable bonds is 5. The lowest BCUT2D eigenvalue weighted by Crippen LogP contribution is -2.32. The zero-order chi connectivity index (χ0) is 11.3. The second-order valence-electron chi connectivity index (χ2n) is 3.51. The molecule has 0 aromatic carbocycles. The van der Waals surface area contributed by atoms with E-state index in [2.05, 4.69) is 4.74 Å². The minimum absolute atomic E-state index is 0.234. The highest BCUT2D eigenvalue weighted by Gasteiger charge is 2.40. The molecule has 88 valence electrons. The number of carbonyl (C=O) groups is 1. The first-order chi connectivity index (χ1) is 7.15. The van der Waals surface area contributed by atoms with E-state index < -0.39 is 5.79 Å². The van der Waals surface area contributed by atoms with Crippen LogP contribution in [0, 0.1) is 0 Å². The van der Waals surface area contributed by atoms with Crippen LogP contribution in [0.3, 0.4) is 0 Å². The maximum absolute atomic E-state index is 11.0. The first-order valence-corrected chi connectivity index (χ1v) is 4.98. The molecule has 0 aromatic heterocycles. The van der Waals surface area contributed by atoms with Crippen LogP contribution in [-0.2, 0) is 23.7 Å². The van der Waals surface area contributed by atoms with Crippen molar-refractivity contribution in [3.05, 3.63) is 0 Å². The van der Waals surface area contributed by atoms with Gasteiger partial charge < -0.3 is 18.9 Å². The summed E-state index contributed by atoms with van der Waals surface area (Å²) in [7, 11) is 4.54. The van der Waals surface area contributed by atoms with E-state index in [1.807, 2.05) is 0 Å². The van der Waals surface area contributed by atoms with Gasteiger partial charge in [0.15, 0.2) is 12.1 Å². The van der Waals surface area contributed by atoms with Gasteiger partial charge in [-0.1, -0.05) is 0 Å². The van der Waals surface area contributed by atoms with Gasteiger partial charge in [0, 0.05) is 33.5 Å². The standard InChI is InChI=1S/C10H18O5/c1-12-8(11)4-6-10(14-3)7-5-9(13-2)15-10/h9H,4-7H2,1-3H3/t9-,10+/m1/s1. The number of hydrogen-bond donors (Lipinski definition) is 0. The molecular weight excluding hydrogens is 200 g/mol. The van der Waals surface area contributed by atoms with Crippen LogP contribution < -0.4 is 0 Å². The molecule has 0 spiro atoms. The fraction of sp³-hybridized carbons (Fsp3) is 0.900. The number of ether oxygens (including phenoxy) is 4. The van der Waals surface area contributed by atoms with Gasteiger partial charge in [0.25, 0.3) is 0 Å². The molecule has 15 heavy (non-hydrogen) atoms. The van der Waals surface area contributed by atoms with E-state index in [1.165, 1.54) is 7.11 Å². The van der Waals surface area contributed by atoms with Crippen molar-refractivity contribution < 1.29 is 23.7 Å². The van der Waals surface area contributed by atoms with Crippen molar-refractivity contribution in [1.82, 2.24) is 0 Å². The average Bonchev–Trinajstić information content (AvgIpc) is 2.70. The number of methoxy groups -OCH3 is 3. The molecule has 1 saturated heterocycles. The van der Waals surface area contributed by atoms with Gasteiger partial charge in [-0.05, 0) is 0 Å². The third-order valence-corrected chi connectivity index (χ3v) is 2.68. The molecule has 5 heteroatoms. The largest absolute Gasteiger partial charge is 0.469 e. The molecule has 1 heterocycles. The monoisotopic (exact) mass is 218 g/mol. The highest BCUT2D eigenvalue weighted by Crippen LogP contribution is 2.35. The Morgan fingerprint density at radius 2 is 2.20 bits per heavy atom. The Kier molecular flexibility index (Phi) is 4.50. The second-order valence-corrected chi connectivity index (χ2v) is 3.51. The van der Waals surface area contributed by atoms with Gasteiger partial charge in [-0.25, -0.2) is 0 Å². The van der Waals surface area contributed by atoms with Crippen molar-refractivity contribution in [2.24, 2.45) is 0 Å². The molecular formula is C10H18O5. The molecule has 5 nitrogen and oxygen atoms in total. The summed E-state index contributed by atoms with van der Waals surface area (Å²) in [5.41, 5.74) is 0. The fourth-order valence-corrected chi connectivity index (χ4v) is 1.69. The molecule has 0 amide bonds. The summed E-state index contributed by atoms with van der Waals surface area (Å²) in [5, 5.41) is 0. The summed E-state index contributed by atoms with van der Waals surface area (Å²) >= 11 is 0. The van der Waals surface area contributed by atoms with Crippen molar-refractivity contribution in [2.75, 3.05) is 21.3 Å². The minimum Gasteiger partial charge on any atom is -0.469 e. The van der Waals surface area contributed by atoms with Crippen LogP contribution in [-0.4, -0.2) is 39.4 Å². The fourth-order valence-electron chi connectivity index (χ4n) is 1.69. The normalized spacial score (nSPS) is 30.5. The summed E-state index contributed by atoms with van der Waals surface area (Å²) in [6.07, 6.45) is 2.07. The van der Waals surface area contributed by atoms with E-state index >= 15 is 0 Å². The molecule has 0 unspecified atom stereocenters. The third kappa shape index (κ3) is 3.15. The van der Waals surface area contributed by atoms with Gasteiger partial charge in [0.1, 0.15) is 0 Å². The van der Waals surface area contributed by atoms with Gasteiger partial charge in [-0.3, -0.25) is 4.79 Å². The Bertz CT molecular complexity index is 218. The van der Waals surface area contributed by atoms with Crippen LogP contribution in [0.2, 0.25) is 0 Å². The maximum Gasteiger partial charge on any atom is 0.305 e. The summed E-state index contributed by atoms with van der Waals surface area (Å²) in [6.45, 7) is 0. The van der Waals surface area contributed by atoms with Crippen molar-refractivity contribution in [3.8, 4) is 0 Å². The highest BCUT2D eigenvalue weighted by molar-refractivity contribution is 5.69. The molecule has 1 fully saturated rings. The summed E-state index contributed by atoms with van der Waals surface area (Å²) in [4.78, 5) is 11.0. The van der Waals surface area contributed by atoms with Crippen LogP contribution in [0.15, 0.2) is 0 Å². The molecule has 0 bridgehead atoms. The number of carbonyl (C=O) groups excluding carboxylic acids is 1. The lowest BCUT2D eigenvalue weighted by Gasteiger charge is -2.26.